The van der Waals surface area contributed by atoms with Crippen molar-refractivity contribution in [2.45, 2.75) is 58.5 Å². The Morgan fingerprint density at radius 3 is 2.50 bits per heavy atom. The molecule has 26 heavy (non-hydrogen) atoms. The first-order chi connectivity index (χ1) is 12.4. The predicted molar refractivity (Wildman–Crippen MR) is 106 cm³/mol. The summed E-state index contributed by atoms with van der Waals surface area (Å²) in [5.74, 6) is 0. The zero-order valence-electron chi connectivity index (χ0n) is 16.3. The lowest BCUT2D eigenvalue weighted by Gasteiger charge is -2.34. The number of hydrogen-bond donors (Lipinski definition) is 0. The van der Waals surface area contributed by atoms with Gasteiger partial charge in [0.25, 0.3) is 0 Å². The van der Waals surface area contributed by atoms with Crippen molar-refractivity contribution in [1.82, 2.24) is 9.80 Å². The van der Waals surface area contributed by atoms with Crippen LogP contribution in [0.2, 0.25) is 0 Å². The van der Waals surface area contributed by atoms with E-state index < -0.39 is 0 Å². The minimum absolute atomic E-state index is 0.219. The summed E-state index contributed by atoms with van der Waals surface area (Å²) in [6, 6.07) is 6.08. The molecule has 4 rings (SSSR count). The summed E-state index contributed by atoms with van der Waals surface area (Å²) < 4.78 is 5.52. The molecule has 1 aliphatic heterocycles. The number of aryl methyl sites for hydroxylation is 2. The van der Waals surface area contributed by atoms with Gasteiger partial charge in [-0.05, 0) is 88.4 Å². The van der Waals surface area contributed by atoms with Crippen molar-refractivity contribution in [2.75, 3.05) is 26.2 Å². The SMILES string of the molecule is CC(C)(C)N1CCCN(Cc2cc(=O)oc3cc4c(cc23)CCC4)CC1. The molecular weight excluding hydrogens is 324 g/mol. The number of benzene rings is 1. The van der Waals surface area contributed by atoms with Crippen LogP contribution in [0, 0.1) is 0 Å². The maximum Gasteiger partial charge on any atom is 0.336 e. The molecule has 4 nitrogen and oxygen atoms in total. The fraction of sp³-hybridized carbons (Fsp3) is 0.591. The molecule has 0 atom stereocenters. The van der Waals surface area contributed by atoms with E-state index in [0.29, 0.717) is 0 Å². The van der Waals surface area contributed by atoms with Crippen molar-refractivity contribution < 1.29 is 4.42 Å². The Labute approximate surface area is 155 Å². The van der Waals surface area contributed by atoms with E-state index in [2.05, 4.69) is 42.7 Å². The van der Waals surface area contributed by atoms with E-state index in [1.165, 1.54) is 24.0 Å². The molecule has 0 saturated carbocycles. The second-order valence-corrected chi connectivity index (χ2v) is 8.85. The highest BCUT2D eigenvalue weighted by atomic mass is 16.4. The minimum atomic E-state index is -0.225. The van der Waals surface area contributed by atoms with Gasteiger partial charge in [0.1, 0.15) is 5.58 Å². The Kier molecular flexibility index (Phi) is 4.66. The Morgan fingerprint density at radius 2 is 1.73 bits per heavy atom. The number of nitrogens with zero attached hydrogens (tertiary/aromatic N) is 2. The van der Waals surface area contributed by atoms with Crippen molar-refractivity contribution in [3.05, 3.63) is 45.3 Å². The molecule has 0 N–H and O–H groups in total. The van der Waals surface area contributed by atoms with Crippen LogP contribution in [-0.4, -0.2) is 41.5 Å². The minimum Gasteiger partial charge on any atom is -0.423 e. The summed E-state index contributed by atoms with van der Waals surface area (Å²) >= 11 is 0. The average Bonchev–Trinajstić information content (AvgIpc) is 2.88. The molecular formula is C22H30N2O2. The Hall–Kier alpha value is -1.65. The molecule has 0 radical (unpaired) electrons. The van der Waals surface area contributed by atoms with Gasteiger partial charge in [-0.2, -0.15) is 0 Å². The maximum absolute atomic E-state index is 12.1. The molecule has 1 aromatic heterocycles. The molecule has 140 valence electrons. The predicted octanol–water partition coefficient (Wildman–Crippen LogP) is 3.59. The summed E-state index contributed by atoms with van der Waals surface area (Å²) in [5, 5.41) is 1.13. The van der Waals surface area contributed by atoms with Crippen LogP contribution in [0.3, 0.4) is 0 Å². The van der Waals surface area contributed by atoms with Crippen LogP contribution in [0.15, 0.2) is 27.4 Å². The molecule has 1 aliphatic carbocycles. The second-order valence-electron chi connectivity index (χ2n) is 8.85. The Balaban J connectivity index is 1.60. The topological polar surface area (TPSA) is 36.7 Å². The van der Waals surface area contributed by atoms with Crippen LogP contribution in [0.1, 0.15) is 50.3 Å². The van der Waals surface area contributed by atoms with Gasteiger partial charge in [-0.25, -0.2) is 4.79 Å². The summed E-state index contributed by atoms with van der Waals surface area (Å²) in [4.78, 5) is 17.2. The molecule has 1 fully saturated rings. The third-order valence-corrected chi connectivity index (χ3v) is 5.97. The molecule has 1 aromatic carbocycles. The monoisotopic (exact) mass is 354 g/mol. The number of hydrogen-bond acceptors (Lipinski definition) is 4. The van der Waals surface area contributed by atoms with E-state index in [1.807, 2.05) is 0 Å². The molecule has 0 amide bonds. The van der Waals surface area contributed by atoms with E-state index >= 15 is 0 Å². The molecule has 0 bridgehead atoms. The van der Waals surface area contributed by atoms with Gasteiger partial charge in [0.05, 0.1) is 0 Å². The highest BCUT2D eigenvalue weighted by molar-refractivity contribution is 5.82. The van der Waals surface area contributed by atoms with Crippen molar-refractivity contribution >= 4 is 11.0 Å². The van der Waals surface area contributed by atoms with E-state index in [4.69, 9.17) is 4.42 Å². The second kappa shape index (κ2) is 6.82. The molecule has 0 spiro atoms. The largest absolute Gasteiger partial charge is 0.423 e. The third-order valence-electron chi connectivity index (χ3n) is 5.97. The highest BCUT2D eigenvalue weighted by Gasteiger charge is 2.24. The lowest BCUT2D eigenvalue weighted by atomic mass is 10.0. The molecule has 1 saturated heterocycles. The third kappa shape index (κ3) is 3.58. The van der Waals surface area contributed by atoms with Gasteiger partial charge < -0.3 is 4.42 Å². The summed E-state index contributed by atoms with van der Waals surface area (Å²) in [5.41, 5.74) is 4.67. The normalized spacial score (nSPS) is 19.7. The van der Waals surface area contributed by atoms with Gasteiger partial charge in [0, 0.05) is 36.6 Å². The molecule has 0 unspecified atom stereocenters. The molecule has 2 heterocycles. The van der Waals surface area contributed by atoms with Crippen LogP contribution < -0.4 is 5.63 Å². The maximum atomic E-state index is 12.1. The molecule has 4 heteroatoms. The Morgan fingerprint density at radius 1 is 0.962 bits per heavy atom. The van der Waals surface area contributed by atoms with E-state index in [9.17, 15) is 4.79 Å². The lowest BCUT2D eigenvalue weighted by Crippen LogP contribution is -2.43. The summed E-state index contributed by atoms with van der Waals surface area (Å²) in [7, 11) is 0. The highest BCUT2D eigenvalue weighted by Crippen LogP contribution is 2.29. The van der Waals surface area contributed by atoms with E-state index in [-0.39, 0.29) is 11.2 Å². The van der Waals surface area contributed by atoms with Crippen molar-refractivity contribution in [2.24, 2.45) is 0 Å². The van der Waals surface area contributed by atoms with E-state index in [0.717, 1.165) is 62.1 Å². The van der Waals surface area contributed by atoms with Gasteiger partial charge in [0.2, 0.25) is 0 Å². The fourth-order valence-corrected chi connectivity index (χ4v) is 4.47. The summed E-state index contributed by atoms with van der Waals surface area (Å²) in [6.45, 7) is 12.1. The Bertz CT molecular complexity index is 863. The average molecular weight is 354 g/mol. The van der Waals surface area contributed by atoms with Crippen molar-refractivity contribution in [3.63, 3.8) is 0 Å². The first-order valence-electron chi connectivity index (χ1n) is 9.96. The smallest absolute Gasteiger partial charge is 0.336 e. The van der Waals surface area contributed by atoms with Gasteiger partial charge >= 0.3 is 5.63 Å². The van der Waals surface area contributed by atoms with Crippen LogP contribution in [0.25, 0.3) is 11.0 Å². The van der Waals surface area contributed by atoms with Gasteiger partial charge in [-0.1, -0.05) is 0 Å². The standard InChI is InChI=1S/C22H30N2O2/c1-22(2,3)24-9-5-8-23(10-11-24)15-18-14-21(25)26-20-13-17-7-4-6-16(17)12-19(18)20/h12-14H,4-11,15H2,1-3H3. The van der Waals surface area contributed by atoms with Crippen LogP contribution >= 0.6 is 0 Å². The van der Waals surface area contributed by atoms with Gasteiger partial charge in [0.15, 0.2) is 0 Å². The first-order valence-corrected chi connectivity index (χ1v) is 9.96. The van der Waals surface area contributed by atoms with Crippen molar-refractivity contribution in [3.8, 4) is 0 Å². The van der Waals surface area contributed by atoms with Gasteiger partial charge in [-0.3, -0.25) is 9.80 Å². The number of fused-ring (bicyclic) bond motifs is 2. The van der Waals surface area contributed by atoms with Gasteiger partial charge in [-0.15, -0.1) is 0 Å². The zero-order chi connectivity index (χ0) is 18.3. The first kappa shape index (κ1) is 17.7. The summed E-state index contributed by atoms with van der Waals surface area (Å²) in [6.07, 6.45) is 4.63. The lowest BCUT2D eigenvalue weighted by molar-refractivity contribution is 0.140. The van der Waals surface area contributed by atoms with E-state index in [1.54, 1.807) is 6.07 Å². The number of rotatable bonds is 2. The van der Waals surface area contributed by atoms with Crippen LogP contribution in [-0.2, 0) is 19.4 Å². The van der Waals surface area contributed by atoms with Crippen molar-refractivity contribution in [1.29, 1.82) is 0 Å². The van der Waals surface area contributed by atoms with Crippen LogP contribution in [0.5, 0.6) is 0 Å². The van der Waals surface area contributed by atoms with Crippen LogP contribution in [0.4, 0.5) is 0 Å². The molecule has 2 aliphatic rings. The fourth-order valence-electron chi connectivity index (χ4n) is 4.47. The zero-order valence-corrected chi connectivity index (χ0v) is 16.3. The quantitative estimate of drug-likeness (QED) is 0.773. The molecule has 2 aromatic rings.